The monoisotopic (exact) mass is 362 g/mol. The van der Waals surface area contributed by atoms with E-state index in [2.05, 4.69) is 5.32 Å². The summed E-state index contributed by atoms with van der Waals surface area (Å²) in [4.78, 5) is 1.75. The highest BCUT2D eigenvalue weighted by Gasteiger charge is 2.38. The number of halogens is 7. The number of nitrogens with one attached hydrogen (secondary N) is 1. The first-order chi connectivity index (χ1) is 10.1. The smallest absolute Gasteiger partial charge is 0.314 e. The maximum atomic E-state index is 13.1. The quantitative estimate of drug-likeness (QED) is 0.796. The van der Waals surface area contributed by atoms with Gasteiger partial charge in [-0.15, -0.1) is 12.4 Å². The molecule has 0 aliphatic carbocycles. The lowest BCUT2D eigenvalue weighted by Crippen LogP contribution is -2.44. The van der Waals surface area contributed by atoms with Crippen LogP contribution in [0.25, 0.3) is 0 Å². The lowest BCUT2D eigenvalue weighted by atomic mass is 9.96. The summed E-state index contributed by atoms with van der Waals surface area (Å²) in [5, 5.41) is 3.06. The number of alkyl halides is 6. The predicted molar refractivity (Wildman–Crippen MR) is 76.6 cm³/mol. The zero-order valence-electron chi connectivity index (χ0n) is 12.3. The van der Waals surface area contributed by atoms with Crippen LogP contribution in [-0.4, -0.2) is 31.1 Å². The first-order valence-corrected chi connectivity index (χ1v) is 6.84. The van der Waals surface area contributed by atoms with Crippen LogP contribution in [0.1, 0.15) is 29.7 Å². The largest absolute Gasteiger partial charge is 0.416 e. The minimum Gasteiger partial charge on any atom is -0.314 e. The van der Waals surface area contributed by atoms with Crippen molar-refractivity contribution in [2.24, 2.45) is 0 Å². The molecule has 1 aliphatic heterocycles. The molecule has 1 N–H and O–H groups in total. The summed E-state index contributed by atoms with van der Waals surface area (Å²) >= 11 is 0. The van der Waals surface area contributed by atoms with Crippen molar-refractivity contribution in [2.45, 2.75) is 25.3 Å². The summed E-state index contributed by atoms with van der Waals surface area (Å²) in [5.41, 5.74) is -2.40. The van der Waals surface area contributed by atoms with Gasteiger partial charge in [0.15, 0.2) is 0 Å². The van der Waals surface area contributed by atoms with E-state index in [1.807, 2.05) is 0 Å². The molecule has 1 heterocycles. The first kappa shape index (κ1) is 20.1. The van der Waals surface area contributed by atoms with E-state index < -0.39 is 29.5 Å². The third-order valence-corrected chi connectivity index (χ3v) is 3.83. The Bertz CT molecular complexity index is 523. The fourth-order valence-corrected chi connectivity index (χ4v) is 2.61. The van der Waals surface area contributed by atoms with Gasteiger partial charge in [-0.05, 0) is 30.7 Å². The Labute approximate surface area is 136 Å². The predicted octanol–water partition coefficient (Wildman–Crippen LogP) is 4.11. The maximum Gasteiger partial charge on any atom is 0.416 e. The zero-order chi connectivity index (χ0) is 16.5. The molecular formula is C14H17ClF6N2. The van der Waals surface area contributed by atoms with Crippen LogP contribution in [0.15, 0.2) is 18.2 Å². The third kappa shape index (κ3) is 4.74. The fourth-order valence-electron chi connectivity index (χ4n) is 2.61. The summed E-state index contributed by atoms with van der Waals surface area (Å²) in [6.07, 6.45) is -9.34. The molecule has 2 rings (SSSR count). The van der Waals surface area contributed by atoms with Gasteiger partial charge in [-0.3, -0.25) is 4.90 Å². The summed E-state index contributed by atoms with van der Waals surface area (Å²) in [6, 6.07) is 0.893. The van der Waals surface area contributed by atoms with E-state index in [4.69, 9.17) is 0 Å². The molecule has 0 amide bonds. The summed E-state index contributed by atoms with van der Waals surface area (Å²) in [6.45, 7) is 3.70. The summed E-state index contributed by atoms with van der Waals surface area (Å²) in [7, 11) is 0. The lowest BCUT2D eigenvalue weighted by molar-refractivity contribution is -0.142. The Kier molecular flexibility index (Phi) is 6.34. The molecule has 1 atom stereocenters. The van der Waals surface area contributed by atoms with E-state index in [1.165, 1.54) is 6.92 Å². The molecule has 132 valence electrons. The molecule has 9 heteroatoms. The molecule has 1 saturated heterocycles. The Morgan fingerprint density at radius 2 is 1.57 bits per heavy atom. The van der Waals surface area contributed by atoms with E-state index in [9.17, 15) is 26.3 Å². The Balaban J connectivity index is 0.00000264. The number of nitrogens with zero attached hydrogens (tertiary/aromatic N) is 1. The van der Waals surface area contributed by atoms with Crippen LogP contribution < -0.4 is 5.32 Å². The number of rotatable bonds is 2. The number of benzene rings is 1. The fraction of sp³-hybridized carbons (Fsp3) is 0.571. The highest BCUT2D eigenvalue weighted by molar-refractivity contribution is 5.85. The molecule has 0 unspecified atom stereocenters. The van der Waals surface area contributed by atoms with Crippen LogP contribution in [0.2, 0.25) is 0 Å². The van der Waals surface area contributed by atoms with Gasteiger partial charge < -0.3 is 5.32 Å². The van der Waals surface area contributed by atoms with E-state index in [0.29, 0.717) is 44.4 Å². The minimum absolute atomic E-state index is 0. The molecule has 23 heavy (non-hydrogen) atoms. The lowest BCUT2D eigenvalue weighted by Gasteiger charge is -2.34. The Hall–Kier alpha value is -0.990. The van der Waals surface area contributed by atoms with E-state index in [1.54, 1.807) is 4.90 Å². The van der Waals surface area contributed by atoms with Crippen LogP contribution in [-0.2, 0) is 12.4 Å². The second-order valence-corrected chi connectivity index (χ2v) is 5.26. The van der Waals surface area contributed by atoms with Crippen molar-refractivity contribution < 1.29 is 26.3 Å². The number of piperazine rings is 1. The molecule has 0 spiro atoms. The van der Waals surface area contributed by atoms with Crippen molar-refractivity contribution in [2.75, 3.05) is 26.2 Å². The summed E-state index contributed by atoms with van der Waals surface area (Å²) < 4.78 is 77.7. The van der Waals surface area contributed by atoms with Crippen LogP contribution in [0.4, 0.5) is 26.3 Å². The van der Waals surface area contributed by atoms with Gasteiger partial charge >= 0.3 is 12.4 Å². The van der Waals surface area contributed by atoms with Crippen LogP contribution in [0.3, 0.4) is 0 Å². The van der Waals surface area contributed by atoms with Gasteiger partial charge in [-0.25, -0.2) is 0 Å². The van der Waals surface area contributed by atoms with Crippen molar-refractivity contribution in [3.63, 3.8) is 0 Å². The molecule has 1 aromatic carbocycles. The molecule has 1 aliphatic rings. The second-order valence-electron chi connectivity index (χ2n) is 5.26. The summed E-state index contributed by atoms with van der Waals surface area (Å²) in [5.74, 6) is 0. The van der Waals surface area contributed by atoms with Crippen molar-refractivity contribution >= 4 is 12.4 Å². The van der Waals surface area contributed by atoms with Crippen LogP contribution in [0.5, 0.6) is 0 Å². The molecule has 1 fully saturated rings. The Morgan fingerprint density at radius 1 is 1.00 bits per heavy atom. The van der Waals surface area contributed by atoms with Crippen molar-refractivity contribution in [3.05, 3.63) is 34.9 Å². The molecule has 1 aromatic rings. The molecular weight excluding hydrogens is 346 g/mol. The molecule has 2 nitrogen and oxygen atoms in total. The second kappa shape index (κ2) is 7.27. The van der Waals surface area contributed by atoms with Gasteiger partial charge in [0.05, 0.1) is 11.1 Å². The minimum atomic E-state index is -4.68. The number of hydrogen-bond acceptors (Lipinski definition) is 2. The zero-order valence-corrected chi connectivity index (χ0v) is 13.1. The first-order valence-electron chi connectivity index (χ1n) is 6.84. The average Bonchev–Trinajstić information content (AvgIpc) is 2.45. The SMILES string of the molecule is C[C@H](c1cc(C(F)(F)F)ccc1C(F)(F)F)N1CCNCC1.Cl. The molecule has 0 aromatic heterocycles. The van der Waals surface area contributed by atoms with Gasteiger partial charge in [0.1, 0.15) is 0 Å². The number of hydrogen-bond donors (Lipinski definition) is 1. The van der Waals surface area contributed by atoms with Crippen molar-refractivity contribution in [1.82, 2.24) is 10.2 Å². The van der Waals surface area contributed by atoms with E-state index in [0.717, 1.165) is 0 Å². The van der Waals surface area contributed by atoms with Gasteiger partial charge in [0, 0.05) is 32.2 Å². The van der Waals surface area contributed by atoms with E-state index in [-0.39, 0.29) is 18.0 Å². The van der Waals surface area contributed by atoms with Crippen molar-refractivity contribution in [3.8, 4) is 0 Å². The average molecular weight is 363 g/mol. The van der Waals surface area contributed by atoms with Gasteiger partial charge in [-0.1, -0.05) is 0 Å². The van der Waals surface area contributed by atoms with Crippen molar-refractivity contribution in [1.29, 1.82) is 0 Å². The highest BCUT2D eigenvalue weighted by Crippen LogP contribution is 2.39. The molecule has 0 bridgehead atoms. The standard InChI is InChI=1S/C14H16F6N2.ClH/c1-9(22-6-4-21-5-7-22)11-8-10(13(15,16)17)2-3-12(11)14(18,19)20;/h2-3,8-9,21H,4-7H2,1H3;1H/t9-;/m1./s1. The van der Waals surface area contributed by atoms with Crippen LogP contribution in [0, 0.1) is 0 Å². The topological polar surface area (TPSA) is 15.3 Å². The van der Waals surface area contributed by atoms with Crippen LogP contribution >= 0.6 is 12.4 Å². The maximum absolute atomic E-state index is 13.1. The molecule has 0 saturated carbocycles. The Morgan fingerprint density at radius 3 is 2.04 bits per heavy atom. The van der Waals surface area contributed by atoms with Gasteiger partial charge in [0.25, 0.3) is 0 Å². The van der Waals surface area contributed by atoms with E-state index >= 15 is 0 Å². The highest BCUT2D eigenvalue weighted by atomic mass is 35.5. The normalized spacial score (nSPS) is 18.4. The van der Waals surface area contributed by atoms with Gasteiger partial charge in [0.2, 0.25) is 0 Å². The third-order valence-electron chi connectivity index (χ3n) is 3.83. The molecule has 0 radical (unpaired) electrons. The van der Waals surface area contributed by atoms with Gasteiger partial charge in [-0.2, -0.15) is 26.3 Å².